The van der Waals surface area contributed by atoms with Crippen LogP contribution in [0.3, 0.4) is 0 Å². The van der Waals surface area contributed by atoms with E-state index in [-0.39, 0.29) is 16.9 Å². The van der Waals surface area contributed by atoms with Crippen LogP contribution in [0.15, 0.2) is 24.3 Å². The Balaban J connectivity index is 2.08. The van der Waals surface area contributed by atoms with Crippen molar-refractivity contribution in [2.24, 2.45) is 0 Å². The van der Waals surface area contributed by atoms with Crippen LogP contribution in [0.1, 0.15) is 42.1 Å². The number of unbranched alkanes of at least 4 members (excludes halogenated alkanes) is 2. The van der Waals surface area contributed by atoms with Crippen molar-refractivity contribution in [2.75, 3.05) is 11.4 Å². The molecule has 1 amide bonds. The molecule has 0 unspecified atom stereocenters. The lowest BCUT2D eigenvalue weighted by atomic mass is 10.1. The Morgan fingerprint density at radius 2 is 2.04 bits per heavy atom. The number of aromatic nitrogens is 2. The molecule has 0 atom stereocenters. The maximum atomic E-state index is 13.0. The van der Waals surface area contributed by atoms with Crippen LogP contribution in [0.5, 0.6) is 11.6 Å². The molecule has 0 saturated heterocycles. The highest BCUT2D eigenvalue weighted by Crippen LogP contribution is 2.38. The van der Waals surface area contributed by atoms with E-state index in [1.807, 2.05) is 25.1 Å². The quantitative estimate of drug-likeness (QED) is 0.780. The van der Waals surface area contributed by atoms with Gasteiger partial charge in [-0.1, -0.05) is 37.4 Å². The number of rotatable bonds is 4. The van der Waals surface area contributed by atoms with Crippen LogP contribution in [0.4, 0.5) is 5.69 Å². The van der Waals surface area contributed by atoms with E-state index < -0.39 is 0 Å². The summed E-state index contributed by atoms with van der Waals surface area (Å²) in [5.74, 6) is 0.657. The first-order valence-corrected chi connectivity index (χ1v) is 8.11. The van der Waals surface area contributed by atoms with Crippen LogP contribution in [-0.2, 0) is 0 Å². The molecule has 2 heterocycles. The summed E-state index contributed by atoms with van der Waals surface area (Å²) in [6, 6.07) is 7.30. The third kappa shape index (κ3) is 3.15. The molecule has 1 aromatic carbocycles. The second kappa shape index (κ2) is 6.54. The summed E-state index contributed by atoms with van der Waals surface area (Å²) in [7, 11) is 0. The molecule has 0 aliphatic carbocycles. The number of nitrogens with zero attached hydrogens (tertiary/aromatic N) is 3. The molecule has 1 aromatic heterocycles. The number of amides is 1. The van der Waals surface area contributed by atoms with Gasteiger partial charge in [-0.2, -0.15) is 0 Å². The van der Waals surface area contributed by atoms with Gasteiger partial charge in [-0.15, -0.1) is 10.2 Å². The summed E-state index contributed by atoms with van der Waals surface area (Å²) in [6.45, 7) is 4.74. The number of anilines is 1. The first-order valence-electron chi connectivity index (χ1n) is 7.73. The van der Waals surface area contributed by atoms with Crippen molar-refractivity contribution < 1.29 is 9.53 Å². The third-order valence-electron chi connectivity index (χ3n) is 3.80. The second-order valence-electron chi connectivity index (χ2n) is 5.62. The van der Waals surface area contributed by atoms with Gasteiger partial charge in [-0.25, -0.2) is 0 Å². The van der Waals surface area contributed by atoms with Crippen molar-refractivity contribution in [3.8, 4) is 11.6 Å². The van der Waals surface area contributed by atoms with E-state index >= 15 is 0 Å². The maximum Gasteiger partial charge on any atom is 0.264 e. The Bertz CT molecular complexity index is 749. The van der Waals surface area contributed by atoms with E-state index in [4.69, 9.17) is 16.3 Å². The Morgan fingerprint density at radius 1 is 1.22 bits per heavy atom. The SMILES string of the molecule is CCCCCN1C(=O)c2cc(Cl)nnc2Oc2cc(C)ccc21. The molecule has 23 heavy (non-hydrogen) atoms. The van der Waals surface area contributed by atoms with E-state index in [9.17, 15) is 4.79 Å². The predicted molar refractivity (Wildman–Crippen MR) is 89.5 cm³/mol. The molecule has 120 valence electrons. The fourth-order valence-corrected chi connectivity index (χ4v) is 2.76. The fraction of sp³-hybridized carbons (Fsp3) is 0.353. The largest absolute Gasteiger partial charge is 0.435 e. The fourth-order valence-electron chi connectivity index (χ4n) is 2.61. The number of hydrogen-bond donors (Lipinski definition) is 0. The molecule has 1 aliphatic rings. The van der Waals surface area contributed by atoms with Crippen LogP contribution < -0.4 is 9.64 Å². The minimum Gasteiger partial charge on any atom is -0.435 e. The van der Waals surface area contributed by atoms with Gasteiger partial charge >= 0.3 is 0 Å². The zero-order chi connectivity index (χ0) is 16.4. The number of fused-ring (bicyclic) bond motifs is 2. The van der Waals surface area contributed by atoms with Gasteiger partial charge in [-0.05, 0) is 37.1 Å². The van der Waals surface area contributed by atoms with Crippen molar-refractivity contribution >= 4 is 23.2 Å². The highest BCUT2D eigenvalue weighted by Gasteiger charge is 2.29. The zero-order valence-electron chi connectivity index (χ0n) is 13.2. The van der Waals surface area contributed by atoms with Crippen LogP contribution in [0, 0.1) is 6.92 Å². The van der Waals surface area contributed by atoms with Crippen LogP contribution >= 0.6 is 11.6 Å². The van der Waals surface area contributed by atoms with Gasteiger partial charge in [0.1, 0.15) is 5.56 Å². The zero-order valence-corrected chi connectivity index (χ0v) is 13.9. The lowest BCUT2D eigenvalue weighted by Crippen LogP contribution is -2.31. The van der Waals surface area contributed by atoms with E-state index in [0.29, 0.717) is 17.9 Å². The molecule has 5 nitrogen and oxygen atoms in total. The van der Waals surface area contributed by atoms with Crippen LogP contribution in [0.25, 0.3) is 0 Å². The van der Waals surface area contributed by atoms with Gasteiger partial charge in [0.15, 0.2) is 10.9 Å². The third-order valence-corrected chi connectivity index (χ3v) is 3.99. The van der Waals surface area contributed by atoms with Gasteiger partial charge in [-0.3, -0.25) is 4.79 Å². The molecule has 0 radical (unpaired) electrons. The first kappa shape index (κ1) is 15.7. The molecule has 3 rings (SSSR count). The number of hydrogen-bond acceptors (Lipinski definition) is 4. The minimum atomic E-state index is -0.157. The Labute approximate surface area is 140 Å². The molecule has 0 bridgehead atoms. The highest BCUT2D eigenvalue weighted by atomic mass is 35.5. The lowest BCUT2D eigenvalue weighted by Gasteiger charge is -2.22. The smallest absolute Gasteiger partial charge is 0.264 e. The maximum absolute atomic E-state index is 13.0. The summed E-state index contributed by atoms with van der Waals surface area (Å²) in [6.07, 6.45) is 3.08. The standard InChI is InChI=1S/C17H18ClN3O2/c1-3-4-5-8-21-13-7-6-11(2)9-14(13)23-16-12(17(21)22)10-15(18)19-20-16/h6-7,9-10H,3-5,8H2,1-2H3. The lowest BCUT2D eigenvalue weighted by molar-refractivity contribution is 0.0986. The summed E-state index contributed by atoms with van der Waals surface area (Å²) in [4.78, 5) is 14.7. The van der Waals surface area contributed by atoms with Gasteiger partial charge in [0, 0.05) is 6.54 Å². The highest BCUT2D eigenvalue weighted by molar-refractivity contribution is 6.29. The summed E-state index contributed by atoms with van der Waals surface area (Å²) in [5, 5.41) is 7.90. The molecular weight excluding hydrogens is 314 g/mol. The van der Waals surface area contributed by atoms with E-state index in [0.717, 1.165) is 30.5 Å². The Kier molecular flexibility index (Phi) is 4.48. The van der Waals surface area contributed by atoms with E-state index in [1.54, 1.807) is 4.90 Å². The minimum absolute atomic E-state index is 0.157. The van der Waals surface area contributed by atoms with Gasteiger partial charge in [0.2, 0.25) is 0 Å². The molecule has 0 saturated carbocycles. The molecule has 0 N–H and O–H groups in total. The predicted octanol–water partition coefficient (Wildman–Crippen LogP) is 4.38. The number of halogens is 1. The average Bonchev–Trinajstić information content (AvgIpc) is 2.63. The number of carbonyl (C=O) groups excluding carboxylic acids is 1. The summed E-state index contributed by atoms with van der Waals surface area (Å²) in [5.41, 5.74) is 2.15. The summed E-state index contributed by atoms with van der Waals surface area (Å²) >= 11 is 5.91. The average molecular weight is 332 g/mol. The number of carbonyl (C=O) groups is 1. The number of aryl methyl sites for hydroxylation is 1. The Hall–Kier alpha value is -2.14. The molecule has 1 aliphatic heterocycles. The van der Waals surface area contributed by atoms with Crippen molar-refractivity contribution in [3.63, 3.8) is 0 Å². The van der Waals surface area contributed by atoms with Gasteiger partial charge in [0.05, 0.1) is 5.69 Å². The topological polar surface area (TPSA) is 55.3 Å². The van der Waals surface area contributed by atoms with Crippen LogP contribution in [0.2, 0.25) is 5.15 Å². The van der Waals surface area contributed by atoms with Crippen LogP contribution in [-0.4, -0.2) is 22.6 Å². The Morgan fingerprint density at radius 3 is 2.83 bits per heavy atom. The van der Waals surface area contributed by atoms with E-state index in [2.05, 4.69) is 17.1 Å². The van der Waals surface area contributed by atoms with Gasteiger partial charge < -0.3 is 9.64 Å². The first-order chi connectivity index (χ1) is 11.1. The number of ether oxygens (including phenoxy) is 1. The monoisotopic (exact) mass is 331 g/mol. The molecule has 0 spiro atoms. The normalized spacial score (nSPS) is 13.2. The van der Waals surface area contributed by atoms with Crippen molar-refractivity contribution in [2.45, 2.75) is 33.1 Å². The van der Waals surface area contributed by atoms with Crippen molar-refractivity contribution in [1.82, 2.24) is 10.2 Å². The van der Waals surface area contributed by atoms with Crippen molar-refractivity contribution in [3.05, 3.63) is 40.5 Å². The van der Waals surface area contributed by atoms with E-state index in [1.165, 1.54) is 6.07 Å². The summed E-state index contributed by atoms with van der Waals surface area (Å²) < 4.78 is 5.85. The second-order valence-corrected chi connectivity index (χ2v) is 6.01. The molecule has 6 heteroatoms. The number of benzene rings is 1. The van der Waals surface area contributed by atoms with Gasteiger partial charge in [0.25, 0.3) is 11.8 Å². The molecular formula is C17H18ClN3O2. The molecule has 0 fully saturated rings. The molecule has 2 aromatic rings. The van der Waals surface area contributed by atoms with Crippen molar-refractivity contribution in [1.29, 1.82) is 0 Å².